The number of fused-ring (bicyclic) bond motifs is 5. The Balaban J connectivity index is 1.08. The molecule has 3 nitrogen and oxygen atoms in total. The smallest absolute Gasteiger partial charge is 0.160 e. The number of benzene rings is 8. The molecule has 0 unspecified atom stereocenters. The number of hydrogen-bond donors (Lipinski definition) is 0. The molecule has 0 fully saturated rings. The zero-order chi connectivity index (χ0) is 40.5. The van der Waals surface area contributed by atoms with E-state index >= 15 is 0 Å². The predicted molar refractivity (Wildman–Crippen MR) is 251 cm³/mol. The Kier molecular flexibility index (Phi) is 8.61. The van der Waals surface area contributed by atoms with Crippen molar-refractivity contribution in [2.75, 3.05) is 0 Å². The third kappa shape index (κ3) is 6.57. The average molecular weight is 762 g/mol. The Morgan fingerprint density at radius 3 is 1.41 bits per heavy atom. The lowest BCUT2D eigenvalue weighted by atomic mass is 9.85. The van der Waals surface area contributed by atoms with Gasteiger partial charge in [-0.15, -0.1) is 0 Å². The van der Waals surface area contributed by atoms with Crippen LogP contribution in [0.5, 0.6) is 0 Å². The van der Waals surface area contributed by atoms with Crippen molar-refractivity contribution in [2.45, 2.75) is 52.4 Å². The minimum absolute atomic E-state index is 0.0488. The molecule has 10 aromatic rings. The highest BCUT2D eigenvalue weighted by atomic mass is 15.0. The molecule has 0 saturated carbocycles. The molecule has 2 heterocycles. The van der Waals surface area contributed by atoms with Gasteiger partial charge in [-0.3, -0.25) is 0 Å². The van der Waals surface area contributed by atoms with Gasteiger partial charge in [0.15, 0.2) is 5.82 Å². The van der Waals surface area contributed by atoms with Crippen molar-refractivity contribution >= 4 is 43.4 Å². The van der Waals surface area contributed by atoms with Gasteiger partial charge in [-0.2, -0.15) is 0 Å². The highest BCUT2D eigenvalue weighted by molar-refractivity contribution is 6.12. The van der Waals surface area contributed by atoms with E-state index in [0.29, 0.717) is 5.82 Å². The lowest BCUT2D eigenvalue weighted by molar-refractivity contribution is 0.590. The molecule has 0 aliphatic heterocycles. The average Bonchev–Trinajstić information content (AvgIpc) is 3.58. The van der Waals surface area contributed by atoms with Crippen molar-refractivity contribution in [3.05, 3.63) is 187 Å². The van der Waals surface area contributed by atoms with Crippen LogP contribution in [0.3, 0.4) is 0 Å². The molecular formula is C56H47N3. The van der Waals surface area contributed by atoms with Gasteiger partial charge in [0.1, 0.15) is 0 Å². The van der Waals surface area contributed by atoms with Crippen LogP contribution in [0, 0.1) is 0 Å². The van der Waals surface area contributed by atoms with E-state index in [2.05, 4.69) is 210 Å². The second kappa shape index (κ2) is 13.9. The third-order valence-electron chi connectivity index (χ3n) is 11.9. The van der Waals surface area contributed by atoms with Crippen LogP contribution in [0.25, 0.3) is 94.1 Å². The number of rotatable bonds is 5. The van der Waals surface area contributed by atoms with Crippen molar-refractivity contribution in [3.63, 3.8) is 0 Å². The van der Waals surface area contributed by atoms with E-state index in [1.807, 2.05) is 12.1 Å². The maximum absolute atomic E-state index is 5.09. The molecule has 0 saturated heterocycles. The second-order valence-corrected chi connectivity index (χ2v) is 17.9. The lowest BCUT2D eigenvalue weighted by Gasteiger charge is -2.19. The Hall–Kier alpha value is -6.84. The van der Waals surface area contributed by atoms with Gasteiger partial charge in [-0.05, 0) is 97.8 Å². The number of aromatic nitrogens is 3. The first kappa shape index (κ1) is 36.5. The van der Waals surface area contributed by atoms with Crippen LogP contribution in [0.2, 0.25) is 0 Å². The van der Waals surface area contributed by atoms with E-state index in [-0.39, 0.29) is 10.8 Å². The summed E-state index contributed by atoms with van der Waals surface area (Å²) in [5.41, 5.74) is 13.8. The molecule has 0 radical (unpaired) electrons. The molecule has 0 N–H and O–H groups in total. The number of hydrogen-bond acceptors (Lipinski definition) is 2. The van der Waals surface area contributed by atoms with E-state index in [1.165, 1.54) is 65.9 Å². The first-order valence-corrected chi connectivity index (χ1v) is 20.7. The molecule has 0 atom stereocenters. The fourth-order valence-electron chi connectivity index (χ4n) is 8.59. The second-order valence-electron chi connectivity index (χ2n) is 17.9. The summed E-state index contributed by atoms with van der Waals surface area (Å²) in [5.74, 6) is 0.715. The summed E-state index contributed by atoms with van der Waals surface area (Å²) in [4.78, 5) is 10.2. The molecular weight excluding hydrogens is 715 g/mol. The summed E-state index contributed by atoms with van der Waals surface area (Å²) in [7, 11) is 0. The third-order valence-corrected chi connectivity index (χ3v) is 11.9. The van der Waals surface area contributed by atoms with Crippen molar-refractivity contribution in [3.8, 4) is 50.7 Å². The molecule has 0 aliphatic rings. The quantitative estimate of drug-likeness (QED) is 0.175. The highest BCUT2D eigenvalue weighted by Gasteiger charge is 2.22. The molecule has 0 amide bonds. The van der Waals surface area contributed by atoms with E-state index in [1.54, 1.807) is 0 Å². The summed E-state index contributed by atoms with van der Waals surface area (Å²) >= 11 is 0. The molecule has 0 bridgehead atoms. The summed E-state index contributed by atoms with van der Waals surface area (Å²) in [6.45, 7) is 13.8. The fraction of sp³-hybridized carbons (Fsp3) is 0.143. The van der Waals surface area contributed by atoms with Crippen LogP contribution in [0.4, 0.5) is 0 Å². The molecule has 3 heteroatoms. The molecule has 0 aliphatic carbocycles. The topological polar surface area (TPSA) is 30.7 Å². The van der Waals surface area contributed by atoms with Crippen molar-refractivity contribution in [2.24, 2.45) is 0 Å². The van der Waals surface area contributed by atoms with E-state index in [0.717, 1.165) is 33.5 Å². The standard InChI is InChI=1S/C56H47N3/c1-55(2,3)42-25-28-52-47(33-42)48-34-43(56(4,5)6)26-29-53(48)59(52)51-30-27-44(45-19-13-14-20-46(45)51)40-23-21-39-32-41(24-22-38(39)31-40)54-57-49(36-15-9-7-10-16-36)35-50(58-54)37-17-11-8-12-18-37/h7-35H,1-6H3. The van der Waals surface area contributed by atoms with Crippen molar-refractivity contribution in [1.29, 1.82) is 0 Å². The molecule has 2 aromatic heterocycles. The zero-order valence-corrected chi connectivity index (χ0v) is 34.6. The first-order valence-electron chi connectivity index (χ1n) is 20.7. The van der Waals surface area contributed by atoms with E-state index in [9.17, 15) is 0 Å². The minimum Gasteiger partial charge on any atom is -0.309 e. The Bertz CT molecular complexity index is 3080. The monoisotopic (exact) mass is 761 g/mol. The van der Waals surface area contributed by atoms with Crippen LogP contribution in [-0.4, -0.2) is 14.5 Å². The maximum atomic E-state index is 5.09. The predicted octanol–water partition coefficient (Wildman–Crippen LogP) is 15.1. The SMILES string of the molecule is CC(C)(C)c1ccc2c(c1)c1cc(C(C)(C)C)ccc1n2-c1ccc(-c2ccc3cc(-c4nc(-c5ccccc5)cc(-c5ccccc5)n4)ccc3c2)c2ccccc12. The summed E-state index contributed by atoms with van der Waals surface area (Å²) in [5, 5.41) is 7.38. The van der Waals surface area contributed by atoms with Crippen LogP contribution >= 0.6 is 0 Å². The normalized spacial score (nSPS) is 12.2. The first-order chi connectivity index (χ1) is 28.5. The molecule has 10 rings (SSSR count). The van der Waals surface area contributed by atoms with Gasteiger partial charge in [0.05, 0.1) is 28.1 Å². The van der Waals surface area contributed by atoms with Gasteiger partial charge in [0, 0.05) is 32.8 Å². The number of nitrogens with zero attached hydrogens (tertiary/aromatic N) is 3. The van der Waals surface area contributed by atoms with Crippen molar-refractivity contribution < 1.29 is 0 Å². The Morgan fingerprint density at radius 1 is 0.373 bits per heavy atom. The summed E-state index contributed by atoms with van der Waals surface area (Å²) in [6, 6.07) is 63.8. The van der Waals surface area contributed by atoms with Crippen LogP contribution < -0.4 is 0 Å². The minimum atomic E-state index is 0.0488. The van der Waals surface area contributed by atoms with Crippen LogP contribution in [-0.2, 0) is 10.8 Å². The Morgan fingerprint density at radius 2 is 0.864 bits per heavy atom. The molecule has 8 aromatic carbocycles. The molecule has 286 valence electrons. The summed E-state index contributed by atoms with van der Waals surface area (Å²) < 4.78 is 2.48. The van der Waals surface area contributed by atoms with E-state index in [4.69, 9.17) is 9.97 Å². The van der Waals surface area contributed by atoms with Gasteiger partial charge in [-0.25, -0.2) is 9.97 Å². The van der Waals surface area contributed by atoms with Gasteiger partial charge in [-0.1, -0.05) is 169 Å². The fourth-order valence-corrected chi connectivity index (χ4v) is 8.59. The van der Waals surface area contributed by atoms with Gasteiger partial charge < -0.3 is 4.57 Å². The van der Waals surface area contributed by atoms with E-state index < -0.39 is 0 Å². The lowest BCUT2D eigenvalue weighted by Crippen LogP contribution is -2.10. The Labute approximate surface area is 346 Å². The molecule has 0 spiro atoms. The molecule has 59 heavy (non-hydrogen) atoms. The van der Waals surface area contributed by atoms with Crippen LogP contribution in [0.15, 0.2) is 176 Å². The summed E-state index contributed by atoms with van der Waals surface area (Å²) in [6.07, 6.45) is 0. The largest absolute Gasteiger partial charge is 0.309 e. The van der Waals surface area contributed by atoms with Crippen molar-refractivity contribution in [1.82, 2.24) is 14.5 Å². The van der Waals surface area contributed by atoms with Gasteiger partial charge in [0.25, 0.3) is 0 Å². The van der Waals surface area contributed by atoms with Gasteiger partial charge >= 0.3 is 0 Å². The maximum Gasteiger partial charge on any atom is 0.160 e. The van der Waals surface area contributed by atoms with Gasteiger partial charge in [0.2, 0.25) is 0 Å². The highest BCUT2D eigenvalue weighted by Crippen LogP contribution is 2.41. The van der Waals surface area contributed by atoms with Crippen LogP contribution in [0.1, 0.15) is 52.7 Å². The zero-order valence-electron chi connectivity index (χ0n) is 34.6.